The lowest BCUT2D eigenvalue weighted by Crippen LogP contribution is -2.50. The summed E-state index contributed by atoms with van der Waals surface area (Å²) >= 11 is 0. The van der Waals surface area contributed by atoms with Gasteiger partial charge in [0, 0.05) is 24.6 Å². The lowest BCUT2D eigenvalue weighted by molar-refractivity contribution is -0.348. The lowest BCUT2D eigenvalue weighted by Gasteiger charge is -2.33. The minimum Gasteiger partial charge on any atom is -0.481 e. The van der Waals surface area contributed by atoms with Crippen molar-refractivity contribution in [1.29, 1.82) is 5.26 Å². The smallest absolute Gasteiger partial charge is 0.435 e. The molecule has 2 fully saturated rings. The summed E-state index contributed by atoms with van der Waals surface area (Å²) in [6.07, 6.45) is -12.1. The molecule has 1 saturated heterocycles. The summed E-state index contributed by atoms with van der Waals surface area (Å²) < 4.78 is 123. The predicted molar refractivity (Wildman–Crippen MR) is 161 cm³/mol. The molecule has 5 rings (SSSR count). The van der Waals surface area contributed by atoms with Crippen molar-refractivity contribution in [3.05, 3.63) is 89.5 Å². The number of carboxylic acids is 1. The molecule has 0 radical (unpaired) electrons. The number of halogens is 7. The Balaban J connectivity index is 1.58. The molecule has 2 aliphatic rings. The third kappa shape index (κ3) is 6.26. The first-order chi connectivity index (χ1) is 22.9. The fourth-order valence-corrected chi connectivity index (χ4v) is 8.88. The van der Waals surface area contributed by atoms with Crippen LogP contribution in [-0.2, 0) is 29.8 Å². The molecule has 0 aromatic heterocycles. The fraction of sp³-hybridized carbons (Fsp3) is 0.382. The molecule has 1 heterocycles. The van der Waals surface area contributed by atoms with Crippen molar-refractivity contribution in [1.82, 2.24) is 4.90 Å². The van der Waals surface area contributed by atoms with E-state index in [-0.39, 0.29) is 61.2 Å². The van der Waals surface area contributed by atoms with Gasteiger partial charge in [-0.1, -0.05) is 48.5 Å². The monoisotopic (exact) mass is 710 g/mol. The van der Waals surface area contributed by atoms with Crippen LogP contribution in [-0.4, -0.2) is 55.7 Å². The number of rotatable bonds is 7. The van der Waals surface area contributed by atoms with E-state index in [1.807, 2.05) is 6.07 Å². The summed E-state index contributed by atoms with van der Waals surface area (Å²) in [7, 11) is -4.60. The molecule has 15 heteroatoms. The third-order valence-electron chi connectivity index (χ3n) is 9.54. The van der Waals surface area contributed by atoms with Gasteiger partial charge >= 0.3 is 24.0 Å². The highest BCUT2D eigenvalue weighted by molar-refractivity contribution is 7.92. The predicted octanol–water partition coefficient (Wildman–Crippen LogP) is 7.31. The standard InChI is InChI=1S/C34H29F7N2O5S/c35-32(33(36,37)38,34(39,40)41)27-13-11-26(12-14-27)31(15-16-43(20-31)29(44)22-7-9-23(10-8-22)30(45)46)49(47,48)28-6-2-5-25(18-28)24-4-1-3-21(17-24)19-42/h1-6,11-14,17-18,22-23H,7-10,15-16,20H2,(H,45,46). The number of nitrogens with zero attached hydrogens (tertiary/aromatic N) is 2. The van der Waals surface area contributed by atoms with Crippen LogP contribution in [0.4, 0.5) is 30.7 Å². The van der Waals surface area contributed by atoms with Crippen molar-refractivity contribution in [2.75, 3.05) is 13.1 Å². The minimum absolute atomic E-state index is 0.138. The molecule has 1 atom stereocenters. The summed E-state index contributed by atoms with van der Waals surface area (Å²) in [4.78, 5) is 26.0. The van der Waals surface area contributed by atoms with Crippen LogP contribution in [0.2, 0.25) is 0 Å². The summed E-state index contributed by atoms with van der Waals surface area (Å²) in [6.45, 7) is -0.652. The molecule has 3 aromatic carbocycles. The highest BCUT2D eigenvalue weighted by Gasteiger charge is 2.73. The molecule has 7 nitrogen and oxygen atoms in total. The minimum atomic E-state index is -6.38. The Morgan fingerprint density at radius 1 is 0.816 bits per heavy atom. The van der Waals surface area contributed by atoms with Crippen LogP contribution in [0.5, 0.6) is 0 Å². The first-order valence-electron chi connectivity index (χ1n) is 15.2. The Kier molecular flexibility index (Phi) is 9.35. The van der Waals surface area contributed by atoms with Gasteiger partial charge in [0.05, 0.1) is 22.4 Å². The van der Waals surface area contributed by atoms with E-state index in [1.54, 1.807) is 24.3 Å². The molecular formula is C34H29F7N2O5S. The maximum atomic E-state index is 14.9. The first-order valence-corrected chi connectivity index (χ1v) is 16.6. The van der Waals surface area contributed by atoms with Crippen molar-refractivity contribution in [2.45, 2.75) is 59.8 Å². The van der Waals surface area contributed by atoms with Gasteiger partial charge in [0.1, 0.15) is 4.75 Å². The Bertz CT molecular complexity index is 1880. The van der Waals surface area contributed by atoms with Gasteiger partial charge in [0.15, 0.2) is 9.84 Å². The highest BCUT2D eigenvalue weighted by atomic mass is 32.2. The normalized spacial score (nSPS) is 22.0. The number of hydrogen-bond acceptors (Lipinski definition) is 5. The average molecular weight is 711 g/mol. The van der Waals surface area contributed by atoms with Crippen LogP contribution >= 0.6 is 0 Å². The maximum absolute atomic E-state index is 14.9. The van der Waals surface area contributed by atoms with Gasteiger partial charge < -0.3 is 10.0 Å². The van der Waals surface area contributed by atoms with Crippen LogP contribution in [0, 0.1) is 23.2 Å². The Morgan fingerprint density at radius 2 is 1.37 bits per heavy atom. The van der Waals surface area contributed by atoms with Gasteiger partial charge in [0.2, 0.25) is 5.91 Å². The number of likely N-dealkylation sites (tertiary alicyclic amines) is 1. The van der Waals surface area contributed by atoms with Crippen LogP contribution < -0.4 is 0 Å². The summed E-state index contributed by atoms with van der Waals surface area (Å²) in [5, 5.41) is 18.6. The van der Waals surface area contributed by atoms with Gasteiger partial charge in [-0.2, -0.15) is 31.6 Å². The number of carboxylic acid groups (broad SMARTS) is 1. The molecule has 1 amide bonds. The van der Waals surface area contributed by atoms with E-state index < -0.39 is 68.4 Å². The van der Waals surface area contributed by atoms with E-state index in [0.29, 0.717) is 28.8 Å². The number of nitriles is 1. The molecule has 1 aliphatic carbocycles. The fourth-order valence-electron chi connectivity index (χ4n) is 6.75. The SMILES string of the molecule is N#Cc1cccc(-c2cccc(S(=O)(=O)C3(c4ccc(C(F)(C(F)(F)F)C(F)(F)F)cc4)CCN(C(=O)C4CCC(C(=O)O)CC4)C3)c2)c1. The second-order valence-electron chi connectivity index (χ2n) is 12.3. The van der Waals surface area contributed by atoms with Crippen LogP contribution in [0.15, 0.2) is 77.7 Å². The number of carbonyl (C=O) groups excluding carboxylic acids is 1. The molecule has 0 spiro atoms. The topological polar surface area (TPSA) is 116 Å². The van der Waals surface area contributed by atoms with Crippen molar-refractivity contribution in [3.63, 3.8) is 0 Å². The number of hydrogen-bond donors (Lipinski definition) is 1. The molecular weight excluding hydrogens is 681 g/mol. The number of sulfone groups is 1. The summed E-state index contributed by atoms with van der Waals surface area (Å²) in [5.41, 5.74) is -6.58. The van der Waals surface area contributed by atoms with E-state index >= 15 is 0 Å². The van der Waals surface area contributed by atoms with E-state index in [9.17, 15) is 59.1 Å². The van der Waals surface area contributed by atoms with Crippen molar-refractivity contribution in [2.24, 2.45) is 11.8 Å². The quantitative estimate of drug-likeness (QED) is 0.257. The second kappa shape index (κ2) is 12.8. The number of aliphatic carboxylic acids is 1. The lowest BCUT2D eigenvalue weighted by atomic mass is 9.81. The average Bonchev–Trinajstić information content (AvgIpc) is 3.54. The van der Waals surface area contributed by atoms with Crippen LogP contribution in [0.3, 0.4) is 0 Å². The molecule has 260 valence electrons. The molecule has 1 aliphatic heterocycles. The van der Waals surface area contributed by atoms with Gasteiger partial charge in [-0.25, -0.2) is 12.8 Å². The van der Waals surface area contributed by atoms with Gasteiger partial charge in [-0.3, -0.25) is 9.59 Å². The molecule has 3 aromatic rings. The van der Waals surface area contributed by atoms with E-state index in [4.69, 9.17) is 0 Å². The molecule has 1 N–H and O–H groups in total. The third-order valence-corrected chi connectivity index (χ3v) is 12.0. The summed E-state index contributed by atoms with van der Waals surface area (Å²) in [5.74, 6) is -2.68. The Labute approximate surface area is 276 Å². The highest BCUT2D eigenvalue weighted by Crippen LogP contribution is 2.54. The molecule has 49 heavy (non-hydrogen) atoms. The Morgan fingerprint density at radius 3 is 1.92 bits per heavy atom. The zero-order valence-corrected chi connectivity index (χ0v) is 26.4. The van der Waals surface area contributed by atoms with E-state index in [2.05, 4.69) is 0 Å². The maximum Gasteiger partial charge on any atom is 0.435 e. The summed E-state index contributed by atoms with van der Waals surface area (Å²) in [6, 6.07) is 15.8. The largest absolute Gasteiger partial charge is 0.481 e. The molecule has 1 unspecified atom stereocenters. The number of amides is 1. The van der Waals surface area contributed by atoms with Crippen molar-refractivity contribution in [3.8, 4) is 17.2 Å². The van der Waals surface area contributed by atoms with E-state index in [0.717, 1.165) is 0 Å². The van der Waals surface area contributed by atoms with Crippen LogP contribution in [0.25, 0.3) is 11.1 Å². The molecule has 1 saturated carbocycles. The molecule has 0 bridgehead atoms. The van der Waals surface area contributed by atoms with Gasteiger partial charge in [0.25, 0.3) is 0 Å². The van der Waals surface area contributed by atoms with Crippen molar-refractivity contribution < 1.29 is 53.8 Å². The van der Waals surface area contributed by atoms with Gasteiger partial charge in [-0.05, 0) is 73.1 Å². The number of alkyl halides is 7. The van der Waals surface area contributed by atoms with E-state index in [1.165, 1.54) is 29.2 Å². The Hall–Kier alpha value is -4.45. The zero-order valence-electron chi connectivity index (χ0n) is 25.6. The zero-order chi connectivity index (χ0) is 36.0. The number of benzene rings is 3. The second-order valence-corrected chi connectivity index (χ2v) is 14.6. The van der Waals surface area contributed by atoms with Crippen LogP contribution in [0.1, 0.15) is 48.8 Å². The number of carbonyl (C=O) groups is 2. The first kappa shape index (κ1) is 35.8. The van der Waals surface area contributed by atoms with Crippen molar-refractivity contribution >= 4 is 21.7 Å². The van der Waals surface area contributed by atoms with Gasteiger partial charge in [-0.15, -0.1) is 0 Å².